The van der Waals surface area contributed by atoms with E-state index in [0.29, 0.717) is 18.0 Å². The van der Waals surface area contributed by atoms with Crippen molar-refractivity contribution >= 4 is 0 Å². The van der Waals surface area contributed by atoms with Crippen molar-refractivity contribution in [2.75, 3.05) is 19.6 Å². The van der Waals surface area contributed by atoms with Gasteiger partial charge in [-0.3, -0.25) is 0 Å². The van der Waals surface area contributed by atoms with Gasteiger partial charge < -0.3 is 10.6 Å². The lowest BCUT2D eigenvalue weighted by Gasteiger charge is -2.15. The highest BCUT2D eigenvalue weighted by atomic mass is 19.1. The van der Waals surface area contributed by atoms with Crippen molar-refractivity contribution in [2.24, 2.45) is 0 Å². The lowest BCUT2D eigenvalue weighted by molar-refractivity contribution is 0.472. The number of hydrogen-bond acceptors (Lipinski definition) is 2. The number of rotatable bonds is 4. The van der Waals surface area contributed by atoms with Gasteiger partial charge >= 0.3 is 0 Å². The van der Waals surface area contributed by atoms with Crippen LogP contribution in [0.3, 0.4) is 0 Å². The van der Waals surface area contributed by atoms with Gasteiger partial charge in [0, 0.05) is 12.1 Å². The van der Waals surface area contributed by atoms with E-state index in [1.54, 1.807) is 0 Å². The average Bonchev–Trinajstić information content (AvgIpc) is 2.56. The second-order valence-electron chi connectivity index (χ2n) is 4.86. The van der Waals surface area contributed by atoms with Crippen LogP contribution in [0, 0.1) is 11.6 Å². The maximum Gasteiger partial charge on any atom is 0.126 e. The maximum atomic E-state index is 13.0. The van der Waals surface area contributed by atoms with Gasteiger partial charge in [0.2, 0.25) is 0 Å². The van der Waals surface area contributed by atoms with Gasteiger partial charge in [-0.05, 0) is 63.0 Å². The van der Waals surface area contributed by atoms with Crippen LogP contribution in [0.25, 0.3) is 0 Å². The molecule has 18 heavy (non-hydrogen) atoms. The molecule has 2 nitrogen and oxygen atoms in total. The molecule has 0 aromatic heterocycles. The SMILES string of the molecule is Fc1cc(F)cc(CCNC2CCCNCC2)c1. The maximum absolute atomic E-state index is 13.0. The summed E-state index contributed by atoms with van der Waals surface area (Å²) in [7, 11) is 0. The predicted octanol–water partition coefficient (Wildman–Crippen LogP) is 2.24. The molecule has 100 valence electrons. The average molecular weight is 254 g/mol. The highest BCUT2D eigenvalue weighted by Gasteiger charge is 2.10. The fourth-order valence-electron chi connectivity index (χ4n) is 2.40. The van der Waals surface area contributed by atoms with Gasteiger partial charge in [0.05, 0.1) is 0 Å². The van der Waals surface area contributed by atoms with E-state index in [0.717, 1.165) is 32.1 Å². The minimum atomic E-state index is -0.497. The summed E-state index contributed by atoms with van der Waals surface area (Å²) in [6, 6.07) is 4.24. The van der Waals surface area contributed by atoms with Gasteiger partial charge in [-0.25, -0.2) is 8.78 Å². The van der Waals surface area contributed by atoms with Crippen molar-refractivity contribution in [1.29, 1.82) is 0 Å². The van der Waals surface area contributed by atoms with Crippen LogP contribution in [0.2, 0.25) is 0 Å². The van der Waals surface area contributed by atoms with Crippen LogP contribution in [0.15, 0.2) is 18.2 Å². The molecule has 1 aromatic rings. The van der Waals surface area contributed by atoms with Crippen molar-refractivity contribution in [1.82, 2.24) is 10.6 Å². The second kappa shape index (κ2) is 6.81. The Bertz CT molecular complexity index is 354. The zero-order valence-corrected chi connectivity index (χ0v) is 10.5. The molecule has 1 unspecified atom stereocenters. The normalized spacial score (nSPS) is 20.7. The second-order valence-corrected chi connectivity index (χ2v) is 4.86. The van der Waals surface area contributed by atoms with Gasteiger partial charge in [-0.1, -0.05) is 0 Å². The molecule has 0 amide bonds. The van der Waals surface area contributed by atoms with Crippen LogP contribution in [-0.4, -0.2) is 25.7 Å². The fraction of sp³-hybridized carbons (Fsp3) is 0.571. The van der Waals surface area contributed by atoms with Crippen LogP contribution in [0.5, 0.6) is 0 Å². The Kier molecular flexibility index (Phi) is 5.08. The Hall–Kier alpha value is -1.00. The molecule has 0 saturated carbocycles. The molecule has 1 fully saturated rings. The first kappa shape index (κ1) is 13.4. The van der Waals surface area contributed by atoms with Crippen molar-refractivity contribution in [2.45, 2.75) is 31.7 Å². The molecular formula is C14H20F2N2. The highest BCUT2D eigenvalue weighted by Crippen LogP contribution is 2.09. The number of halogens is 2. The van der Waals surface area contributed by atoms with Crippen molar-refractivity contribution in [3.63, 3.8) is 0 Å². The third kappa shape index (κ3) is 4.35. The quantitative estimate of drug-likeness (QED) is 0.861. The van der Waals surface area contributed by atoms with Crippen LogP contribution in [0.4, 0.5) is 8.78 Å². The van der Waals surface area contributed by atoms with E-state index in [4.69, 9.17) is 0 Å². The van der Waals surface area contributed by atoms with Gasteiger partial charge in [-0.15, -0.1) is 0 Å². The van der Waals surface area contributed by atoms with E-state index in [1.807, 2.05) is 0 Å². The van der Waals surface area contributed by atoms with E-state index in [2.05, 4.69) is 10.6 Å². The Morgan fingerprint density at radius 2 is 1.89 bits per heavy atom. The minimum Gasteiger partial charge on any atom is -0.317 e. The molecule has 0 aliphatic carbocycles. The van der Waals surface area contributed by atoms with Gasteiger partial charge in [0.15, 0.2) is 0 Å². The fourth-order valence-corrected chi connectivity index (χ4v) is 2.40. The number of hydrogen-bond donors (Lipinski definition) is 2. The van der Waals surface area contributed by atoms with Crippen molar-refractivity contribution in [3.05, 3.63) is 35.4 Å². The van der Waals surface area contributed by atoms with E-state index in [1.165, 1.54) is 25.0 Å². The number of benzene rings is 1. The molecule has 2 rings (SSSR count). The van der Waals surface area contributed by atoms with Gasteiger partial charge in [0.1, 0.15) is 11.6 Å². The zero-order chi connectivity index (χ0) is 12.8. The first-order chi connectivity index (χ1) is 8.74. The molecule has 1 saturated heterocycles. The van der Waals surface area contributed by atoms with Crippen molar-refractivity contribution in [3.8, 4) is 0 Å². The highest BCUT2D eigenvalue weighted by molar-refractivity contribution is 5.18. The van der Waals surface area contributed by atoms with Crippen LogP contribution >= 0.6 is 0 Å². The molecule has 1 aliphatic rings. The van der Waals surface area contributed by atoms with E-state index < -0.39 is 11.6 Å². The molecule has 4 heteroatoms. The Labute approximate surface area is 107 Å². The summed E-state index contributed by atoms with van der Waals surface area (Å²) in [5, 5.41) is 6.83. The standard InChI is InChI=1S/C14H20F2N2/c15-12-8-11(9-13(16)10-12)3-7-18-14-2-1-5-17-6-4-14/h8-10,14,17-18H,1-7H2. The summed E-state index contributed by atoms with van der Waals surface area (Å²) in [5.74, 6) is -0.993. The van der Waals surface area contributed by atoms with E-state index in [-0.39, 0.29) is 0 Å². The zero-order valence-electron chi connectivity index (χ0n) is 10.5. The lowest BCUT2D eigenvalue weighted by atomic mass is 10.1. The van der Waals surface area contributed by atoms with Gasteiger partial charge in [0.25, 0.3) is 0 Å². The third-order valence-corrected chi connectivity index (χ3v) is 3.34. The predicted molar refractivity (Wildman–Crippen MR) is 68.6 cm³/mol. The molecule has 2 N–H and O–H groups in total. The van der Waals surface area contributed by atoms with Gasteiger partial charge in [-0.2, -0.15) is 0 Å². The minimum absolute atomic E-state index is 0.497. The molecule has 0 spiro atoms. The summed E-state index contributed by atoms with van der Waals surface area (Å²) in [5.41, 5.74) is 0.715. The summed E-state index contributed by atoms with van der Waals surface area (Å²) in [4.78, 5) is 0. The van der Waals surface area contributed by atoms with Crippen LogP contribution in [0.1, 0.15) is 24.8 Å². The topological polar surface area (TPSA) is 24.1 Å². The molecule has 1 heterocycles. The third-order valence-electron chi connectivity index (χ3n) is 3.34. The largest absolute Gasteiger partial charge is 0.317 e. The Morgan fingerprint density at radius 1 is 1.11 bits per heavy atom. The molecule has 1 aromatic carbocycles. The van der Waals surface area contributed by atoms with Crippen molar-refractivity contribution < 1.29 is 8.78 Å². The first-order valence-electron chi connectivity index (χ1n) is 6.63. The number of nitrogens with one attached hydrogen (secondary N) is 2. The summed E-state index contributed by atoms with van der Waals surface area (Å²) in [6.07, 6.45) is 4.15. The monoisotopic (exact) mass is 254 g/mol. The molecule has 1 aliphatic heterocycles. The van der Waals surface area contributed by atoms with Crippen LogP contribution < -0.4 is 10.6 Å². The summed E-state index contributed by atoms with van der Waals surface area (Å²) in [6.45, 7) is 2.91. The first-order valence-corrected chi connectivity index (χ1v) is 6.63. The molecular weight excluding hydrogens is 234 g/mol. The Morgan fingerprint density at radius 3 is 2.67 bits per heavy atom. The summed E-state index contributed by atoms with van der Waals surface area (Å²) >= 11 is 0. The Balaban J connectivity index is 1.77. The van der Waals surface area contributed by atoms with E-state index >= 15 is 0 Å². The van der Waals surface area contributed by atoms with Crippen LogP contribution in [-0.2, 0) is 6.42 Å². The molecule has 0 bridgehead atoms. The summed E-state index contributed by atoms with van der Waals surface area (Å²) < 4.78 is 26.0. The molecule has 0 radical (unpaired) electrons. The van der Waals surface area contributed by atoms with E-state index in [9.17, 15) is 8.78 Å². The smallest absolute Gasteiger partial charge is 0.126 e. The lowest BCUT2D eigenvalue weighted by Crippen LogP contribution is -2.31. The molecule has 1 atom stereocenters.